The molecular weight excluding hydrogens is 324 g/mol. The fourth-order valence-electron chi connectivity index (χ4n) is 3.33. The number of benzene rings is 2. The molecule has 2 aromatic rings. The number of anilines is 1. The largest absolute Gasteiger partial charge is 0.493 e. The summed E-state index contributed by atoms with van der Waals surface area (Å²) < 4.78 is 10.8. The van der Waals surface area contributed by atoms with Crippen LogP contribution in [0.2, 0.25) is 0 Å². The maximum atomic E-state index is 5.44. The molecule has 0 spiro atoms. The minimum Gasteiger partial charge on any atom is -0.493 e. The van der Waals surface area contributed by atoms with E-state index in [-0.39, 0.29) is 0 Å². The molecule has 0 amide bonds. The zero-order valence-electron chi connectivity index (χ0n) is 16.2. The highest BCUT2D eigenvalue weighted by Crippen LogP contribution is 2.32. The Bertz CT molecular complexity index is 696. The topological polar surface area (TPSA) is 24.9 Å². The summed E-state index contributed by atoms with van der Waals surface area (Å²) in [5.41, 5.74) is 3.90. The van der Waals surface area contributed by atoms with Crippen LogP contribution < -0.4 is 14.4 Å². The van der Waals surface area contributed by atoms with Crippen molar-refractivity contribution < 1.29 is 9.47 Å². The van der Waals surface area contributed by atoms with Crippen molar-refractivity contribution in [3.05, 3.63) is 53.6 Å². The summed E-state index contributed by atoms with van der Waals surface area (Å²) in [5, 5.41) is 0. The molecule has 140 valence electrons. The van der Waals surface area contributed by atoms with Crippen molar-refractivity contribution in [3.8, 4) is 11.5 Å². The van der Waals surface area contributed by atoms with Crippen LogP contribution in [0.3, 0.4) is 0 Å². The van der Waals surface area contributed by atoms with Gasteiger partial charge in [0.05, 0.1) is 14.2 Å². The van der Waals surface area contributed by atoms with E-state index >= 15 is 0 Å². The van der Waals surface area contributed by atoms with Crippen LogP contribution in [0.1, 0.15) is 24.5 Å². The molecule has 3 rings (SSSR count). The lowest BCUT2D eigenvalue weighted by Crippen LogP contribution is -2.38. The molecule has 26 heavy (non-hydrogen) atoms. The van der Waals surface area contributed by atoms with Crippen LogP contribution in [0.4, 0.5) is 5.69 Å². The highest BCUT2D eigenvalue weighted by molar-refractivity contribution is 5.56. The van der Waals surface area contributed by atoms with Gasteiger partial charge in [0.25, 0.3) is 0 Å². The molecule has 1 saturated heterocycles. The second kappa shape index (κ2) is 8.95. The third-order valence-corrected chi connectivity index (χ3v) is 5.18. The maximum absolute atomic E-state index is 5.44. The third-order valence-electron chi connectivity index (χ3n) is 5.18. The van der Waals surface area contributed by atoms with Crippen LogP contribution in [0.25, 0.3) is 0 Å². The minimum absolute atomic E-state index is 0.763. The van der Waals surface area contributed by atoms with Gasteiger partial charge in [-0.2, -0.15) is 0 Å². The normalized spacial score (nSPS) is 14.0. The molecule has 4 nitrogen and oxygen atoms in total. The van der Waals surface area contributed by atoms with Gasteiger partial charge in [0.1, 0.15) is 0 Å². The minimum atomic E-state index is 0.763. The first-order valence-electron chi connectivity index (χ1n) is 9.50. The van der Waals surface area contributed by atoms with Crippen molar-refractivity contribution >= 4 is 5.69 Å². The number of ether oxygens (including phenoxy) is 2. The van der Waals surface area contributed by atoms with Crippen LogP contribution in [0.5, 0.6) is 11.5 Å². The van der Waals surface area contributed by atoms with Crippen molar-refractivity contribution in [1.29, 1.82) is 0 Å². The molecule has 0 bridgehead atoms. The number of hydrogen-bond acceptors (Lipinski definition) is 4. The molecule has 1 heterocycles. The first kappa shape index (κ1) is 18.6. The molecule has 0 aliphatic carbocycles. The lowest BCUT2D eigenvalue weighted by atomic mass is 10.1. The SMILES string of the molecule is CCN(Cc1ccc(CCN2CCC2)cc1)c1ccc(OC)c(OC)c1. The molecule has 1 aliphatic rings. The summed E-state index contributed by atoms with van der Waals surface area (Å²) in [6, 6.07) is 15.2. The number of nitrogens with zero attached hydrogens (tertiary/aromatic N) is 2. The molecule has 0 unspecified atom stereocenters. The van der Waals surface area contributed by atoms with E-state index in [4.69, 9.17) is 9.47 Å². The standard InChI is InChI=1S/C22H30N2O2/c1-4-24(20-10-11-21(25-2)22(16-20)26-3)17-19-8-6-18(7-9-19)12-15-23-13-5-14-23/h6-11,16H,4-5,12-15,17H2,1-3H3. The number of rotatable bonds is 9. The average Bonchev–Trinajstić information content (AvgIpc) is 2.65. The second-order valence-corrected chi connectivity index (χ2v) is 6.82. The van der Waals surface area contributed by atoms with Gasteiger partial charge >= 0.3 is 0 Å². The van der Waals surface area contributed by atoms with E-state index in [1.807, 2.05) is 12.1 Å². The van der Waals surface area contributed by atoms with Gasteiger partial charge in [-0.1, -0.05) is 24.3 Å². The fourth-order valence-corrected chi connectivity index (χ4v) is 3.33. The zero-order valence-corrected chi connectivity index (χ0v) is 16.2. The molecule has 1 aliphatic heterocycles. The van der Waals surface area contributed by atoms with Crippen molar-refractivity contribution in [3.63, 3.8) is 0 Å². The summed E-state index contributed by atoms with van der Waals surface area (Å²) >= 11 is 0. The van der Waals surface area contributed by atoms with Crippen molar-refractivity contribution in [2.75, 3.05) is 45.3 Å². The van der Waals surface area contributed by atoms with Crippen LogP contribution >= 0.6 is 0 Å². The van der Waals surface area contributed by atoms with Gasteiger partial charge < -0.3 is 19.3 Å². The van der Waals surface area contributed by atoms with Crippen molar-refractivity contribution in [1.82, 2.24) is 4.90 Å². The Morgan fingerprint density at radius 1 is 0.923 bits per heavy atom. The molecule has 4 heteroatoms. The van der Waals surface area contributed by atoms with Crippen LogP contribution in [-0.4, -0.2) is 45.3 Å². The summed E-state index contributed by atoms with van der Waals surface area (Å²) in [5.74, 6) is 1.53. The maximum Gasteiger partial charge on any atom is 0.162 e. The van der Waals surface area contributed by atoms with E-state index in [1.54, 1.807) is 14.2 Å². The predicted octanol–water partition coefficient (Wildman–Crippen LogP) is 3.98. The third kappa shape index (κ3) is 4.50. The molecule has 0 saturated carbocycles. The van der Waals surface area contributed by atoms with Crippen LogP contribution in [-0.2, 0) is 13.0 Å². The molecule has 0 aromatic heterocycles. The Morgan fingerprint density at radius 3 is 2.19 bits per heavy atom. The van der Waals surface area contributed by atoms with Gasteiger partial charge in [0.2, 0.25) is 0 Å². The monoisotopic (exact) mass is 354 g/mol. The lowest BCUT2D eigenvalue weighted by Gasteiger charge is -2.30. The summed E-state index contributed by atoms with van der Waals surface area (Å²) in [7, 11) is 3.34. The van der Waals surface area contributed by atoms with Crippen LogP contribution in [0.15, 0.2) is 42.5 Å². The van der Waals surface area contributed by atoms with Gasteiger partial charge in [-0.3, -0.25) is 0 Å². The molecule has 1 fully saturated rings. The quantitative estimate of drug-likeness (QED) is 0.680. The predicted molar refractivity (Wildman–Crippen MR) is 107 cm³/mol. The van der Waals surface area contributed by atoms with Gasteiger partial charge in [0, 0.05) is 31.4 Å². The van der Waals surface area contributed by atoms with Crippen molar-refractivity contribution in [2.24, 2.45) is 0 Å². The molecule has 0 radical (unpaired) electrons. The summed E-state index contributed by atoms with van der Waals surface area (Å²) in [6.07, 6.45) is 2.51. The Hall–Kier alpha value is -2.20. The smallest absolute Gasteiger partial charge is 0.162 e. The second-order valence-electron chi connectivity index (χ2n) is 6.82. The molecule has 0 N–H and O–H groups in total. The van der Waals surface area contributed by atoms with E-state index in [0.29, 0.717) is 0 Å². The Morgan fingerprint density at radius 2 is 1.62 bits per heavy atom. The fraction of sp³-hybridized carbons (Fsp3) is 0.455. The van der Waals surface area contributed by atoms with E-state index < -0.39 is 0 Å². The first-order valence-corrected chi connectivity index (χ1v) is 9.50. The molecule has 0 atom stereocenters. The van der Waals surface area contributed by atoms with Crippen LogP contribution in [0, 0.1) is 0 Å². The number of methoxy groups -OCH3 is 2. The van der Waals surface area contributed by atoms with Gasteiger partial charge in [0.15, 0.2) is 11.5 Å². The number of likely N-dealkylation sites (tertiary alicyclic amines) is 1. The molecule has 2 aromatic carbocycles. The average molecular weight is 354 g/mol. The lowest BCUT2D eigenvalue weighted by molar-refractivity contribution is 0.184. The van der Waals surface area contributed by atoms with Gasteiger partial charge in [-0.05, 0) is 56.1 Å². The summed E-state index contributed by atoms with van der Waals surface area (Å²) in [6.45, 7) is 7.73. The van der Waals surface area contributed by atoms with Crippen molar-refractivity contribution in [2.45, 2.75) is 26.3 Å². The van der Waals surface area contributed by atoms with E-state index in [9.17, 15) is 0 Å². The first-order chi connectivity index (χ1) is 12.7. The van der Waals surface area contributed by atoms with Gasteiger partial charge in [-0.25, -0.2) is 0 Å². The van der Waals surface area contributed by atoms with E-state index in [1.165, 1.54) is 37.2 Å². The Labute approximate surface area is 157 Å². The van der Waals surface area contributed by atoms with E-state index in [0.717, 1.165) is 36.7 Å². The highest BCUT2D eigenvalue weighted by atomic mass is 16.5. The zero-order chi connectivity index (χ0) is 18.4. The van der Waals surface area contributed by atoms with Gasteiger partial charge in [-0.15, -0.1) is 0 Å². The Kier molecular flexibility index (Phi) is 6.40. The Balaban J connectivity index is 1.63. The molecular formula is C22H30N2O2. The summed E-state index contributed by atoms with van der Waals surface area (Å²) in [4.78, 5) is 4.86. The highest BCUT2D eigenvalue weighted by Gasteiger charge is 2.13. The number of hydrogen-bond donors (Lipinski definition) is 0. The van der Waals surface area contributed by atoms with E-state index in [2.05, 4.69) is 47.1 Å².